The molecule has 0 spiro atoms. The zero-order valence-electron chi connectivity index (χ0n) is 10.7. The number of halogens is 2. The van der Waals surface area contributed by atoms with Gasteiger partial charge in [-0.2, -0.15) is 5.10 Å². The molecule has 4 nitrogen and oxygen atoms in total. The number of rotatable bonds is 4. The molecule has 0 saturated carbocycles. The molecule has 0 radical (unpaired) electrons. The van der Waals surface area contributed by atoms with Crippen molar-refractivity contribution in [2.24, 2.45) is 7.05 Å². The summed E-state index contributed by atoms with van der Waals surface area (Å²) in [5, 5.41) is 13.4. The molecule has 2 rings (SSSR count). The second kappa shape index (κ2) is 6.07. The highest BCUT2D eigenvalue weighted by atomic mass is 79.9. The molecular weight excluding hydrogens is 376 g/mol. The molecule has 0 bridgehead atoms. The normalized spacial score (nSPS) is 10.8. The van der Waals surface area contributed by atoms with Crippen molar-refractivity contribution < 1.29 is 9.84 Å². The third-order valence-electron chi connectivity index (χ3n) is 2.80. The lowest BCUT2D eigenvalue weighted by molar-refractivity contribution is 0.279. The average Bonchev–Trinajstić information content (AvgIpc) is 2.62. The van der Waals surface area contributed by atoms with Crippen LogP contribution in [-0.4, -0.2) is 14.9 Å². The van der Waals surface area contributed by atoms with Crippen LogP contribution in [0.2, 0.25) is 0 Å². The lowest BCUT2D eigenvalue weighted by Gasteiger charge is -2.10. The number of aryl methyl sites for hydroxylation is 2. The molecule has 2 aromatic rings. The highest BCUT2D eigenvalue weighted by Crippen LogP contribution is 2.28. The highest BCUT2D eigenvalue weighted by Gasteiger charge is 2.12. The molecule has 1 aromatic carbocycles. The van der Waals surface area contributed by atoms with Crippen molar-refractivity contribution >= 4 is 31.9 Å². The summed E-state index contributed by atoms with van der Waals surface area (Å²) in [6, 6.07) is 5.52. The largest absolute Gasteiger partial charge is 0.486 e. The fraction of sp³-hybridized carbons (Fsp3) is 0.308. The summed E-state index contributed by atoms with van der Waals surface area (Å²) in [6.45, 7) is 2.39. The maximum absolute atomic E-state index is 9.06. The molecule has 0 aliphatic rings. The number of aliphatic hydroxyl groups excluding tert-OH is 1. The number of hydrogen-bond donors (Lipinski definition) is 1. The van der Waals surface area contributed by atoms with Crippen LogP contribution in [0.4, 0.5) is 0 Å². The van der Waals surface area contributed by atoms with E-state index in [0.29, 0.717) is 6.61 Å². The zero-order chi connectivity index (χ0) is 14.0. The molecule has 0 saturated heterocycles. The van der Waals surface area contributed by atoms with Gasteiger partial charge in [0.25, 0.3) is 0 Å². The van der Waals surface area contributed by atoms with Gasteiger partial charge in [0.15, 0.2) is 0 Å². The van der Waals surface area contributed by atoms with Crippen molar-refractivity contribution in [3.8, 4) is 5.75 Å². The lowest BCUT2D eigenvalue weighted by Crippen LogP contribution is -2.04. The minimum Gasteiger partial charge on any atom is -0.486 e. The van der Waals surface area contributed by atoms with E-state index in [1.165, 1.54) is 0 Å². The van der Waals surface area contributed by atoms with Gasteiger partial charge in [-0.1, -0.05) is 6.07 Å². The SMILES string of the molecule is Cc1nn(C)c(COc2ccc(CO)cc2Br)c1Br. The molecular formula is C13H14Br2N2O2. The quantitative estimate of drug-likeness (QED) is 0.872. The highest BCUT2D eigenvalue weighted by molar-refractivity contribution is 9.10. The molecule has 102 valence electrons. The van der Waals surface area contributed by atoms with Crippen molar-refractivity contribution in [3.63, 3.8) is 0 Å². The van der Waals surface area contributed by atoms with Crippen LogP contribution < -0.4 is 4.74 Å². The van der Waals surface area contributed by atoms with E-state index in [0.717, 1.165) is 31.6 Å². The summed E-state index contributed by atoms with van der Waals surface area (Å²) in [5.74, 6) is 0.739. The van der Waals surface area contributed by atoms with Crippen LogP contribution in [0.25, 0.3) is 0 Å². The van der Waals surface area contributed by atoms with Gasteiger partial charge in [-0.25, -0.2) is 0 Å². The minimum absolute atomic E-state index is 0.0192. The van der Waals surface area contributed by atoms with E-state index in [-0.39, 0.29) is 6.61 Å². The second-order valence-corrected chi connectivity index (χ2v) is 5.83. The topological polar surface area (TPSA) is 47.3 Å². The molecule has 1 N–H and O–H groups in total. The van der Waals surface area contributed by atoms with Crippen LogP contribution in [0, 0.1) is 6.92 Å². The number of ether oxygens (including phenoxy) is 1. The molecule has 6 heteroatoms. The maximum atomic E-state index is 9.06. The number of aliphatic hydroxyl groups is 1. The first-order chi connectivity index (χ1) is 9.02. The van der Waals surface area contributed by atoms with Gasteiger partial charge in [0.1, 0.15) is 12.4 Å². The Morgan fingerprint density at radius 3 is 2.63 bits per heavy atom. The number of nitrogens with zero attached hydrogens (tertiary/aromatic N) is 2. The summed E-state index contributed by atoms with van der Waals surface area (Å²) in [7, 11) is 1.89. The molecule has 0 unspecified atom stereocenters. The van der Waals surface area contributed by atoms with E-state index < -0.39 is 0 Å². The molecule has 0 amide bonds. The Morgan fingerprint density at radius 2 is 2.11 bits per heavy atom. The standard InChI is InChI=1S/C13H14Br2N2O2/c1-8-13(15)11(17(2)16-8)7-19-12-4-3-9(6-18)5-10(12)14/h3-5,18H,6-7H2,1-2H3. The molecule has 1 aromatic heterocycles. The smallest absolute Gasteiger partial charge is 0.134 e. The van der Waals surface area contributed by atoms with Gasteiger partial charge in [0.2, 0.25) is 0 Å². The van der Waals surface area contributed by atoms with Gasteiger partial charge in [-0.05, 0) is 56.5 Å². The maximum Gasteiger partial charge on any atom is 0.134 e. The molecule has 0 aliphatic heterocycles. The third-order valence-corrected chi connectivity index (χ3v) is 4.46. The molecule has 0 atom stereocenters. The summed E-state index contributed by atoms with van der Waals surface area (Å²) < 4.78 is 9.38. The lowest BCUT2D eigenvalue weighted by atomic mass is 10.2. The van der Waals surface area contributed by atoms with Crippen molar-refractivity contribution in [3.05, 3.63) is 44.1 Å². The first-order valence-corrected chi connectivity index (χ1v) is 7.31. The van der Waals surface area contributed by atoms with Crippen LogP contribution in [0.5, 0.6) is 5.75 Å². The number of aromatic nitrogens is 2. The van der Waals surface area contributed by atoms with Crippen LogP contribution in [0.15, 0.2) is 27.1 Å². The number of hydrogen-bond acceptors (Lipinski definition) is 3. The number of benzene rings is 1. The van der Waals surface area contributed by atoms with Crippen LogP contribution in [0.1, 0.15) is 17.0 Å². The second-order valence-electron chi connectivity index (χ2n) is 4.18. The van der Waals surface area contributed by atoms with E-state index in [9.17, 15) is 0 Å². The Balaban J connectivity index is 2.14. The average molecular weight is 390 g/mol. The summed E-state index contributed by atoms with van der Waals surface area (Å²) in [6.07, 6.45) is 0. The Labute approximate surface area is 128 Å². The Hall–Kier alpha value is -0.850. The summed E-state index contributed by atoms with van der Waals surface area (Å²) >= 11 is 6.94. The molecule has 1 heterocycles. The van der Waals surface area contributed by atoms with Crippen LogP contribution >= 0.6 is 31.9 Å². The van der Waals surface area contributed by atoms with Gasteiger partial charge in [-0.3, -0.25) is 4.68 Å². The first-order valence-electron chi connectivity index (χ1n) is 5.73. The van der Waals surface area contributed by atoms with Gasteiger partial charge >= 0.3 is 0 Å². The van der Waals surface area contributed by atoms with E-state index in [4.69, 9.17) is 9.84 Å². The van der Waals surface area contributed by atoms with E-state index >= 15 is 0 Å². The van der Waals surface area contributed by atoms with Crippen molar-refractivity contribution in [1.29, 1.82) is 0 Å². The predicted molar refractivity (Wildman–Crippen MR) is 80.0 cm³/mol. The Kier molecular flexibility index (Phi) is 4.65. The van der Waals surface area contributed by atoms with Gasteiger partial charge in [0, 0.05) is 7.05 Å². The minimum atomic E-state index is 0.0192. The molecule has 0 fully saturated rings. The zero-order valence-corrected chi connectivity index (χ0v) is 13.8. The van der Waals surface area contributed by atoms with Gasteiger partial charge < -0.3 is 9.84 Å². The Morgan fingerprint density at radius 1 is 1.37 bits per heavy atom. The van der Waals surface area contributed by atoms with E-state index in [1.807, 2.05) is 32.2 Å². The predicted octanol–water partition coefficient (Wildman–Crippen LogP) is 3.32. The molecule has 19 heavy (non-hydrogen) atoms. The Bertz CT molecular complexity index is 597. The summed E-state index contributed by atoms with van der Waals surface area (Å²) in [5.41, 5.74) is 2.77. The van der Waals surface area contributed by atoms with Crippen LogP contribution in [-0.2, 0) is 20.3 Å². The van der Waals surface area contributed by atoms with Crippen LogP contribution in [0.3, 0.4) is 0 Å². The van der Waals surface area contributed by atoms with E-state index in [2.05, 4.69) is 37.0 Å². The molecule has 0 aliphatic carbocycles. The van der Waals surface area contributed by atoms with Crippen molar-refractivity contribution in [2.45, 2.75) is 20.1 Å². The first kappa shape index (κ1) is 14.6. The fourth-order valence-electron chi connectivity index (χ4n) is 1.74. The van der Waals surface area contributed by atoms with Crippen molar-refractivity contribution in [1.82, 2.24) is 9.78 Å². The van der Waals surface area contributed by atoms with Gasteiger partial charge in [-0.15, -0.1) is 0 Å². The third kappa shape index (κ3) is 3.19. The van der Waals surface area contributed by atoms with Gasteiger partial charge in [0.05, 0.1) is 26.9 Å². The fourth-order valence-corrected chi connectivity index (χ4v) is 2.73. The summed E-state index contributed by atoms with van der Waals surface area (Å²) in [4.78, 5) is 0. The van der Waals surface area contributed by atoms with E-state index in [1.54, 1.807) is 4.68 Å². The monoisotopic (exact) mass is 388 g/mol. The van der Waals surface area contributed by atoms with Crippen molar-refractivity contribution in [2.75, 3.05) is 0 Å².